The fourth-order valence-electron chi connectivity index (χ4n) is 4.77. The van der Waals surface area contributed by atoms with E-state index in [1.807, 2.05) is 36.4 Å². The third-order valence-electron chi connectivity index (χ3n) is 6.32. The molecule has 0 saturated carbocycles. The molecule has 33 heavy (non-hydrogen) atoms. The van der Waals surface area contributed by atoms with Crippen molar-refractivity contribution in [2.75, 3.05) is 19.7 Å². The molecule has 2 unspecified atom stereocenters. The zero-order valence-corrected chi connectivity index (χ0v) is 18.2. The van der Waals surface area contributed by atoms with E-state index in [0.717, 1.165) is 22.3 Å². The van der Waals surface area contributed by atoms with Crippen molar-refractivity contribution in [2.45, 2.75) is 31.2 Å². The average molecular weight is 447 g/mol. The number of benzene rings is 2. The number of fused-ring (bicyclic) bond motifs is 3. The normalized spacial score (nSPS) is 17.5. The van der Waals surface area contributed by atoms with Crippen molar-refractivity contribution in [1.82, 2.24) is 10.2 Å². The number of nitrogens with zero attached hydrogens (tertiary/aromatic N) is 1. The molecule has 170 valence electrons. The molecule has 2 aliphatic rings. The van der Waals surface area contributed by atoms with E-state index in [0.29, 0.717) is 19.5 Å². The predicted molar refractivity (Wildman–Crippen MR) is 122 cm³/mol. The van der Waals surface area contributed by atoms with Crippen LogP contribution in [0.1, 0.15) is 36.3 Å². The van der Waals surface area contributed by atoms with Gasteiger partial charge in [-0.1, -0.05) is 48.5 Å². The molecule has 1 aliphatic carbocycles. The summed E-state index contributed by atoms with van der Waals surface area (Å²) in [6, 6.07) is 15.2. The number of ether oxygens (including phenoxy) is 1. The number of carboxylic acid groups (broad SMARTS) is 1. The highest BCUT2D eigenvalue weighted by molar-refractivity contribution is 5.86. The number of terminal acetylenes is 1. The van der Waals surface area contributed by atoms with Gasteiger partial charge in [-0.25, -0.2) is 4.79 Å². The van der Waals surface area contributed by atoms with Crippen molar-refractivity contribution in [3.63, 3.8) is 0 Å². The van der Waals surface area contributed by atoms with Crippen molar-refractivity contribution in [2.24, 2.45) is 5.92 Å². The van der Waals surface area contributed by atoms with E-state index in [1.165, 1.54) is 0 Å². The number of amides is 2. The van der Waals surface area contributed by atoms with Crippen LogP contribution in [0.3, 0.4) is 0 Å². The quantitative estimate of drug-likeness (QED) is 0.637. The van der Waals surface area contributed by atoms with Gasteiger partial charge in [0.25, 0.3) is 0 Å². The zero-order valence-electron chi connectivity index (χ0n) is 18.2. The Balaban J connectivity index is 1.38. The number of alkyl carbamates (subject to hydrolysis) is 1. The summed E-state index contributed by atoms with van der Waals surface area (Å²) in [5.41, 5.74) is 4.47. The number of carbonyl (C=O) groups is 3. The SMILES string of the molecule is C#CCC(NC(=O)OCC1c2ccccc2-c2ccccc21)C(=O)N1CCC(CC(=O)O)C1. The van der Waals surface area contributed by atoms with Crippen molar-refractivity contribution in [1.29, 1.82) is 0 Å². The van der Waals surface area contributed by atoms with E-state index in [1.54, 1.807) is 4.90 Å². The van der Waals surface area contributed by atoms with Crippen LogP contribution in [0.15, 0.2) is 48.5 Å². The van der Waals surface area contributed by atoms with E-state index in [-0.39, 0.29) is 37.2 Å². The average Bonchev–Trinajstić information content (AvgIpc) is 3.39. The van der Waals surface area contributed by atoms with Crippen LogP contribution in [0.2, 0.25) is 0 Å². The number of carbonyl (C=O) groups excluding carboxylic acids is 2. The number of hydrogen-bond donors (Lipinski definition) is 2. The monoisotopic (exact) mass is 446 g/mol. The van der Waals surface area contributed by atoms with Gasteiger partial charge in [0.1, 0.15) is 12.6 Å². The van der Waals surface area contributed by atoms with Gasteiger partial charge in [-0.05, 0) is 34.6 Å². The maximum Gasteiger partial charge on any atom is 0.407 e. The molecule has 2 N–H and O–H groups in total. The third-order valence-corrected chi connectivity index (χ3v) is 6.32. The highest BCUT2D eigenvalue weighted by atomic mass is 16.5. The number of likely N-dealkylation sites (tertiary alicyclic amines) is 1. The van der Waals surface area contributed by atoms with Crippen molar-refractivity contribution >= 4 is 18.0 Å². The number of aliphatic carboxylic acids is 1. The lowest BCUT2D eigenvalue weighted by molar-refractivity contribution is -0.138. The van der Waals surface area contributed by atoms with Gasteiger partial charge in [0, 0.05) is 31.8 Å². The molecule has 7 heteroatoms. The van der Waals surface area contributed by atoms with Crippen LogP contribution in [-0.4, -0.2) is 53.7 Å². The molecule has 1 aliphatic heterocycles. The van der Waals surface area contributed by atoms with Crippen LogP contribution < -0.4 is 5.32 Å². The molecule has 2 aromatic rings. The molecule has 1 heterocycles. The Labute approximate surface area is 192 Å². The lowest BCUT2D eigenvalue weighted by atomic mass is 9.98. The summed E-state index contributed by atoms with van der Waals surface area (Å²) in [6.07, 6.45) is 5.39. The minimum absolute atomic E-state index is 0.0173. The summed E-state index contributed by atoms with van der Waals surface area (Å²) in [5.74, 6) is 1.06. The van der Waals surface area contributed by atoms with Gasteiger partial charge in [-0.3, -0.25) is 9.59 Å². The Morgan fingerprint density at radius 2 is 1.76 bits per heavy atom. The largest absolute Gasteiger partial charge is 0.481 e. The van der Waals surface area contributed by atoms with Gasteiger partial charge in [-0.2, -0.15) is 0 Å². The van der Waals surface area contributed by atoms with Gasteiger partial charge in [-0.15, -0.1) is 12.3 Å². The Morgan fingerprint density at radius 3 is 2.36 bits per heavy atom. The standard InChI is InChI=1S/C26H26N2O5/c1-2-7-23(25(31)28-13-12-17(15-28)14-24(29)30)27-26(32)33-16-22-20-10-5-3-8-18(20)19-9-4-6-11-21(19)22/h1,3-6,8-11,17,22-23H,7,12-16H2,(H,27,32)(H,29,30). The second-order valence-electron chi connectivity index (χ2n) is 8.47. The second kappa shape index (κ2) is 9.78. The Bertz CT molecular complexity index is 1060. The van der Waals surface area contributed by atoms with Gasteiger partial charge in [0.05, 0.1) is 0 Å². The van der Waals surface area contributed by atoms with Crippen LogP contribution in [0, 0.1) is 18.3 Å². The van der Waals surface area contributed by atoms with E-state index in [2.05, 4.69) is 23.4 Å². The predicted octanol–water partition coefficient (Wildman–Crippen LogP) is 3.24. The van der Waals surface area contributed by atoms with E-state index in [9.17, 15) is 14.4 Å². The van der Waals surface area contributed by atoms with Crippen LogP contribution in [-0.2, 0) is 14.3 Å². The zero-order chi connectivity index (χ0) is 23.4. The smallest absolute Gasteiger partial charge is 0.407 e. The molecule has 2 atom stereocenters. The lowest BCUT2D eigenvalue weighted by Crippen LogP contribution is -2.48. The molecule has 4 rings (SSSR count). The Hall–Kier alpha value is -3.79. The molecular weight excluding hydrogens is 420 g/mol. The van der Waals surface area contributed by atoms with Crippen LogP contribution >= 0.6 is 0 Å². The molecule has 1 saturated heterocycles. The number of hydrogen-bond acceptors (Lipinski definition) is 4. The highest BCUT2D eigenvalue weighted by Crippen LogP contribution is 2.44. The maximum atomic E-state index is 12.9. The van der Waals surface area contributed by atoms with Crippen molar-refractivity contribution < 1.29 is 24.2 Å². The van der Waals surface area contributed by atoms with Gasteiger partial charge >= 0.3 is 12.1 Å². The minimum atomic E-state index is -0.908. The molecular formula is C26H26N2O5. The maximum absolute atomic E-state index is 12.9. The van der Waals surface area contributed by atoms with Gasteiger partial charge in [0.2, 0.25) is 5.91 Å². The molecule has 1 fully saturated rings. The first-order valence-corrected chi connectivity index (χ1v) is 11.0. The van der Waals surface area contributed by atoms with E-state index >= 15 is 0 Å². The lowest BCUT2D eigenvalue weighted by Gasteiger charge is -2.23. The van der Waals surface area contributed by atoms with E-state index < -0.39 is 18.1 Å². The van der Waals surface area contributed by atoms with Crippen molar-refractivity contribution in [3.8, 4) is 23.5 Å². The second-order valence-corrected chi connectivity index (χ2v) is 8.47. The third kappa shape index (κ3) is 4.85. The summed E-state index contributed by atoms with van der Waals surface area (Å²) in [5, 5.41) is 11.6. The molecule has 2 aromatic carbocycles. The summed E-state index contributed by atoms with van der Waals surface area (Å²) < 4.78 is 5.54. The Kier molecular flexibility index (Phi) is 6.64. The highest BCUT2D eigenvalue weighted by Gasteiger charge is 2.33. The molecule has 7 nitrogen and oxygen atoms in total. The molecule has 0 bridgehead atoms. The topological polar surface area (TPSA) is 95.9 Å². The first-order valence-electron chi connectivity index (χ1n) is 11.0. The van der Waals surface area contributed by atoms with Crippen LogP contribution in [0.25, 0.3) is 11.1 Å². The summed E-state index contributed by atoms with van der Waals surface area (Å²) in [4.78, 5) is 38.0. The fourth-order valence-corrected chi connectivity index (χ4v) is 4.77. The Morgan fingerprint density at radius 1 is 1.12 bits per heavy atom. The molecule has 0 radical (unpaired) electrons. The molecule has 2 amide bonds. The number of nitrogens with one attached hydrogen (secondary N) is 1. The minimum Gasteiger partial charge on any atom is -0.481 e. The summed E-state index contributed by atoms with van der Waals surface area (Å²) in [7, 11) is 0. The summed E-state index contributed by atoms with van der Waals surface area (Å²) in [6.45, 7) is 0.935. The van der Waals surface area contributed by atoms with Crippen LogP contribution in [0.4, 0.5) is 4.79 Å². The van der Waals surface area contributed by atoms with Crippen LogP contribution in [0.5, 0.6) is 0 Å². The summed E-state index contributed by atoms with van der Waals surface area (Å²) >= 11 is 0. The van der Waals surface area contributed by atoms with Gasteiger partial charge in [0.15, 0.2) is 0 Å². The fraction of sp³-hybridized carbons (Fsp3) is 0.346. The molecule has 0 spiro atoms. The van der Waals surface area contributed by atoms with Gasteiger partial charge < -0.3 is 20.1 Å². The van der Waals surface area contributed by atoms with E-state index in [4.69, 9.17) is 16.3 Å². The number of carboxylic acids is 1. The first-order chi connectivity index (χ1) is 16.0. The first kappa shape index (κ1) is 22.4. The number of rotatable bonds is 7. The molecule has 0 aromatic heterocycles. The van der Waals surface area contributed by atoms with Crippen molar-refractivity contribution in [3.05, 3.63) is 59.7 Å².